The van der Waals surface area contributed by atoms with Crippen molar-refractivity contribution in [2.75, 3.05) is 27.4 Å². The fraction of sp³-hybridized carbons (Fsp3) is 0.533. The van der Waals surface area contributed by atoms with Gasteiger partial charge in [-0.1, -0.05) is 6.92 Å². The second-order valence-electron chi connectivity index (χ2n) is 5.12. The minimum atomic E-state index is -0.111. The van der Waals surface area contributed by atoms with Crippen LogP contribution in [0.2, 0.25) is 0 Å². The number of nitrogens with zero attached hydrogens (tertiary/aromatic N) is 1. The standard InChI is InChI=1S/C15H21NO4/c1-10-4-5-16(14(10)9-17)15(18)11-6-12(19-2)8-13(7-11)20-3/h6-8,10,14,17H,4-5,9H2,1-3H3. The fourth-order valence-corrected chi connectivity index (χ4v) is 2.64. The average Bonchev–Trinajstić information content (AvgIpc) is 2.86. The first-order chi connectivity index (χ1) is 9.60. The summed E-state index contributed by atoms with van der Waals surface area (Å²) in [7, 11) is 3.11. The van der Waals surface area contributed by atoms with Crippen LogP contribution >= 0.6 is 0 Å². The van der Waals surface area contributed by atoms with E-state index in [0.717, 1.165) is 6.42 Å². The van der Waals surface area contributed by atoms with Crippen molar-refractivity contribution in [1.82, 2.24) is 4.90 Å². The molecule has 0 spiro atoms. The van der Waals surface area contributed by atoms with Gasteiger partial charge in [0.25, 0.3) is 5.91 Å². The zero-order valence-electron chi connectivity index (χ0n) is 12.1. The highest BCUT2D eigenvalue weighted by Gasteiger charge is 2.34. The minimum absolute atomic E-state index is 0.00594. The Morgan fingerprint density at radius 3 is 2.40 bits per heavy atom. The summed E-state index contributed by atoms with van der Waals surface area (Å²) in [4.78, 5) is 14.3. The van der Waals surface area contributed by atoms with Crippen molar-refractivity contribution in [3.05, 3.63) is 23.8 Å². The molecule has 1 aliphatic heterocycles. The number of benzene rings is 1. The van der Waals surface area contributed by atoms with E-state index >= 15 is 0 Å². The number of carbonyl (C=O) groups is 1. The molecule has 2 unspecified atom stereocenters. The molecule has 0 aliphatic carbocycles. The largest absolute Gasteiger partial charge is 0.497 e. The molecule has 1 aromatic rings. The molecule has 1 saturated heterocycles. The number of amides is 1. The van der Waals surface area contributed by atoms with E-state index in [9.17, 15) is 9.90 Å². The zero-order chi connectivity index (χ0) is 14.7. The molecule has 0 bridgehead atoms. The van der Waals surface area contributed by atoms with Crippen LogP contribution in [0.25, 0.3) is 0 Å². The normalized spacial score (nSPS) is 21.9. The molecule has 2 rings (SSSR count). The lowest BCUT2D eigenvalue weighted by molar-refractivity contribution is 0.0647. The Bertz CT molecular complexity index is 467. The van der Waals surface area contributed by atoms with Gasteiger partial charge in [-0.2, -0.15) is 0 Å². The molecule has 0 aromatic heterocycles. The first kappa shape index (κ1) is 14.7. The summed E-state index contributed by atoms with van der Waals surface area (Å²) in [5.41, 5.74) is 0.522. The molecule has 1 N–H and O–H groups in total. The number of ether oxygens (including phenoxy) is 2. The molecular weight excluding hydrogens is 258 g/mol. The van der Waals surface area contributed by atoms with Crippen LogP contribution in [0.15, 0.2) is 18.2 Å². The zero-order valence-corrected chi connectivity index (χ0v) is 12.1. The number of aliphatic hydroxyl groups is 1. The van der Waals surface area contributed by atoms with Gasteiger partial charge >= 0.3 is 0 Å². The van der Waals surface area contributed by atoms with Gasteiger partial charge in [0.1, 0.15) is 11.5 Å². The third kappa shape index (κ3) is 2.72. The van der Waals surface area contributed by atoms with Crippen molar-refractivity contribution >= 4 is 5.91 Å². The van der Waals surface area contributed by atoms with Gasteiger partial charge in [0.15, 0.2) is 0 Å². The molecule has 1 aliphatic rings. The van der Waals surface area contributed by atoms with Crippen molar-refractivity contribution in [3.8, 4) is 11.5 Å². The Balaban J connectivity index is 2.28. The first-order valence-electron chi connectivity index (χ1n) is 6.75. The maximum Gasteiger partial charge on any atom is 0.254 e. The number of aliphatic hydroxyl groups excluding tert-OH is 1. The Morgan fingerprint density at radius 2 is 1.90 bits per heavy atom. The Labute approximate surface area is 119 Å². The van der Waals surface area contributed by atoms with Crippen molar-refractivity contribution in [1.29, 1.82) is 0 Å². The number of likely N-dealkylation sites (tertiary alicyclic amines) is 1. The Hall–Kier alpha value is -1.75. The van der Waals surface area contributed by atoms with Crippen molar-refractivity contribution in [2.24, 2.45) is 5.92 Å². The molecule has 1 aromatic carbocycles. The number of hydrogen-bond acceptors (Lipinski definition) is 4. The third-order valence-electron chi connectivity index (χ3n) is 3.93. The summed E-state index contributed by atoms with van der Waals surface area (Å²) >= 11 is 0. The lowest BCUT2D eigenvalue weighted by Gasteiger charge is -2.25. The van der Waals surface area contributed by atoms with E-state index in [1.54, 1.807) is 37.3 Å². The highest BCUT2D eigenvalue weighted by molar-refractivity contribution is 5.95. The van der Waals surface area contributed by atoms with Gasteiger partial charge < -0.3 is 19.5 Å². The van der Waals surface area contributed by atoms with Crippen LogP contribution in [0.4, 0.5) is 0 Å². The van der Waals surface area contributed by atoms with E-state index in [1.807, 2.05) is 0 Å². The molecule has 110 valence electrons. The summed E-state index contributed by atoms with van der Waals surface area (Å²) in [5.74, 6) is 1.39. The molecule has 20 heavy (non-hydrogen) atoms. The molecule has 5 nitrogen and oxygen atoms in total. The van der Waals surface area contributed by atoms with Gasteiger partial charge in [-0.05, 0) is 24.5 Å². The highest BCUT2D eigenvalue weighted by Crippen LogP contribution is 2.28. The van der Waals surface area contributed by atoms with Crippen molar-refractivity contribution in [3.63, 3.8) is 0 Å². The summed E-state index contributed by atoms with van der Waals surface area (Å²) in [5, 5.41) is 9.46. The number of carbonyl (C=O) groups excluding carboxylic acids is 1. The van der Waals surface area contributed by atoms with E-state index in [1.165, 1.54) is 0 Å². The molecule has 1 fully saturated rings. The van der Waals surface area contributed by atoms with E-state index in [4.69, 9.17) is 9.47 Å². The molecule has 1 heterocycles. The Kier molecular flexibility index (Phi) is 4.49. The summed E-state index contributed by atoms with van der Waals surface area (Å²) in [6.45, 7) is 2.72. The van der Waals surface area contributed by atoms with Gasteiger partial charge in [0, 0.05) is 18.2 Å². The van der Waals surface area contributed by atoms with Crippen LogP contribution in [0.5, 0.6) is 11.5 Å². The van der Waals surface area contributed by atoms with Gasteiger partial charge in [0.2, 0.25) is 0 Å². The summed E-state index contributed by atoms with van der Waals surface area (Å²) in [6.07, 6.45) is 0.915. The van der Waals surface area contributed by atoms with Crippen molar-refractivity contribution < 1.29 is 19.4 Å². The molecule has 0 saturated carbocycles. The monoisotopic (exact) mass is 279 g/mol. The lowest BCUT2D eigenvalue weighted by atomic mass is 10.0. The topological polar surface area (TPSA) is 59.0 Å². The predicted molar refractivity (Wildman–Crippen MR) is 75.2 cm³/mol. The second-order valence-corrected chi connectivity index (χ2v) is 5.12. The van der Waals surface area contributed by atoms with Gasteiger partial charge in [0.05, 0.1) is 26.9 Å². The van der Waals surface area contributed by atoms with Crippen LogP contribution < -0.4 is 9.47 Å². The second kappa shape index (κ2) is 6.13. The Morgan fingerprint density at radius 1 is 1.30 bits per heavy atom. The lowest BCUT2D eigenvalue weighted by Crippen LogP contribution is -2.39. The molecule has 2 atom stereocenters. The summed E-state index contributed by atoms with van der Waals surface area (Å²) < 4.78 is 10.4. The third-order valence-corrected chi connectivity index (χ3v) is 3.93. The SMILES string of the molecule is COc1cc(OC)cc(C(=O)N2CCC(C)C2CO)c1. The van der Waals surface area contributed by atoms with Gasteiger partial charge in [-0.3, -0.25) is 4.79 Å². The molecular formula is C15H21NO4. The van der Waals surface area contributed by atoms with E-state index in [-0.39, 0.29) is 18.6 Å². The van der Waals surface area contributed by atoms with Gasteiger partial charge in [-0.25, -0.2) is 0 Å². The van der Waals surface area contributed by atoms with Crippen LogP contribution in [-0.4, -0.2) is 49.3 Å². The number of methoxy groups -OCH3 is 2. The molecule has 0 radical (unpaired) electrons. The quantitative estimate of drug-likeness (QED) is 0.908. The minimum Gasteiger partial charge on any atom is -0.497 e. The average molecular weight is 279 g/mol. The van der Waals surface area contributed by atoms with Crippen molar-refractivity contribution in [2.45, 2.75) is 19.4 Å². The fourth-order valence-electron chi connectivity index (χ4n) is 2.64. The maximum atomic E-state index is 12.6. The van der Waals surface area contributed by atoms with Crippen LogP contribution in [0, 0.1) is 5.92 Å². The maximum absolute atomic E-state index is 12.6. The summed E-state index contributed by atoms with van der Waals surface area (Å²) in [6, 6.07) is 5.01. The van der Waals surface area contributed by atoms with Crippen LogP contribution in [0.1, 0.15) is 23.7 Å². The highest BCUT2D eigenvalue weighted by atomic mass is 16.5. The van der Waals surface area contributed by atoms with E-state index in [0.29, 0.717) is 29.5 Å². The number of hydrogen-bond donors (Lipinski definition) is 1. The van der Waals surface area contributed by atoms with E-state index < -0.39 is 0 Å². The number of rotatable bonds is 4. The first-order valence-corrected chi connectivity index (χ1v) is 6.75. The van der Waals surface area contributed by atoms with E-state index in [2.05, 4.69) is 6.92 Å². The van der Waals surface area contributed by atoms with Gasteiger partial charge in [-0.15, -0.1) is 0 Å². The predicted octanol–water partition coefficient (Wildman–Crippen LogP) is 1.55. The molecule has 5 heteroatoms. The smallest absolute Gasteiger partial charge is 0.254 e. The van der Waals surface area contributed by atoms with Crippen LogP contribution in [-0.2, 0) is 0 Å². The molecule has 1 amide bonds. The van der Waals surface area contributed by atoms with Crippen LogP contribution in [0.3, 0.4) is 0 Å².